The largest absolute Gasteiger partial charge is 0.369 e. The van der Waals surface area contributed by atoms with E-state index in [0.717, 1.165) is 32.5 Å². The predicted molar refractivity (Wildman–Crippen MR) is 89.1 cm³/mol. The summed E-state index contributed by atoms with van der Waals surface area (Å²) in [5, 5.41) is 0. The first-order chi connectivity index (χ1) is 10.7. The zero-order chi connectivity index (χ0) is 15.4. The summed E-state index contributed by atoms with van der Waals surface area (Å²) in [6.07, 6.45) is 1.98. The zero-order valence-corrected chi connectivity index (χ0v) is 12.7. The maximum Gasteiger partial charge on any atom is 0.221 e. The topological polar surface area (TPSA) is 46.3 Å². The molecule has 0 spiro atoms. The second-order valence-electron chi connectivity index (χ2n) is 6.04. The van der Waals surface area contributed by atoms with Gasteiger partial charge in [-0.05, 0) is 36.1 Å². The van der Waals surface area contributed by atoms with Gasteiger partial charge in [-0.3, -0.25) is 9.69 Å². The lowest BCUT2D eigenvalue weighted by Crippen LogP contribution is -2.40. The Hall–Kier alpha value is -2.13. The van der Waals surface area contributed by atoms with E-state index in [1.807, 2.05) is 6.07 Å². The number of piperidine rings is 1. The van der Waals surface area contributed by atoms with Crippen LogP contribution in [0.25, 0.3) is 11.1 Å². The molecule has 0 unspecified atom stereocenters. The van der Waals surface area contributed by atoms with Gasteiger partial charge in [-0.2, -0.15) is 0 Å². The molecule has 3 rings (SSSR count). The minimum Gasteiger partial charge on any atom is -0.369 e. The lowest BCUT2D eigenvalue weighted by Gasteiger charge is -2.31. The Morgan fingerprint density at radius 2 is 1.73 bits per heavy atom. The molecule has 0 aliphatic carbocycles. The van der Waals surface area contributed by atoms with Crippen LogP contribution in [0.15, 0.2) is 54.6 Å². The molecule has 1 heterocycles. The van der Waals surface area contributed by atoms with Crippen LogP contribution in [0.2, 0.25) is 0 Å². The number of carbonyl (C=O) groups is 1. The van der Waals surface area contributed by atoms with Crippen LogP contribution < -0.4 is 5.73 Å². The maximum absolute atomic E-state index is 11.3. The number of nitrogens with zero attached hydrogens (tertiary/aromatic N) is 1. The van der Waals surface area contributed by atoms with Crippen molar-refractivity contribution >= 4 is 5.91 Å². The summed E-state index contributed by atoms with van der Waals surface area (Å²) in [6, 6.07) is 19.1. The van der Waals surface area contributed by atoms with Gasteiger partial charge in [-0.1, -0.05) is 54.6 Å². The second kappa shape index (κ2) is 6.75. The van der Waals surface area contributed by atoms with Crippen LogP contribution in [-0.2, 0) is 11.3 Å². The number of primary amides is 1. The van der Waals surface area contributed by atoms with Crippen molar-refractivity contribution in [3.8, 4) is 11.1 Å². The highest BCUT2D eigenvalue weighted by molar-refractivity contribution is 5.76. The summed E-state index contributed by atoms with van der Waals surface area (Å²) in [5.74, 6) is -0.151. The number of benzene rings is 2. The Labute approximate surface area is 131 Å². The van der Waals surface area contributed by atoms with Gasteiger partial charge in [-0.25, -0.2) is 0 Å². The normalized spacial score (nSPS) is 19.0. The minimum atomic E-state index is -0.163. The molecule has 1 saturated heterocycles. The summed E-state index contributed by atoms with van der Waals surface area (Å²) in [4.78, 5) is 13.7. The van der Waals surface area contributed by atoms with Crippen molar-refractivity contribution in [2.24, 2.45) is 11.7 Å². The number of nitrogens with two attached hydrogens (primary N) is 1. The smallest absolute Gasteiger partial charge is 0.221 e. The molecule has 0 radical (unpaired) electrons. The van der Waals surface area contributed by atoms with Crippen LogP contribution >= 0.6 is 0 Å². The number of rotatable bonds is 4. The number of carbonyl (C=O) groups excluding carboxylic acids is 1. The number of likely N-dealkylation sites (tertiary alicyclic amines) is 1. The van der Waals surface area contributed by atoms with Crippen molar-refractivity contribution in [2.45, 2.75) is 19.4 Å². The molecule has 2 aromatic rings. The lowest BCUT2D eigenvalue weighted by atomic mass is 9.97. The number of hydrogen-bond acceptors (Lipinski definition) is 2. The first-order valence-corrected chi connectivity index (χ1v) is 7.88. The predicted octanol–water partition coefficient (Wildman–Crippen LogP) is 3.05. The highest BCUT2D eigenvalue weighted by Crippen LogP contribution is 2.22. The summed E-state index contributed by atoms with van der Waals surface area (Å²) in [6.45, 7) is 2.72. The molecular formula is C19H22N2O. The maximum atomic E-state index is 11.3. The standard InChI is InChI=1S/C19H22N2O/c20-19(22)18-7-4-12-21(14-18)13-15-8-10-17(11-9-15)16-5-2-1-3-6-16/h1-3,5-6,8-11,18H,4,7,12-14H2,(H2,20,22)/t18-/m1/s1. The summed E-state index contributed by atoms with van der Waals surface area (Å²) in [7, 11) is 0. The van der Waals surface area contributed by atoms with Crippen molar-refractivity contribution in [2.75, 3.05) is 13.1 Å². The van der Waals surface area contributed by atoms with E-state index in [4.69, 9.17) is 5.73 Å². The quantitative estimate of drug-likeness (QED) is 0.942. The van der Waals surface area contributed by atoms with Crippen molar-refractivity contribution in [3.05, 3.63) is 60.2 Å². The van der Waals surface area contributed by atoms with Gasteiger partial charge in [-0.15, -0.1) is 0 Å². The fourth-order valence-corrected chi connectivity index (χ4v) is 3.12. The van der Waals surface area contributed by atoms with Gasteiger partial charge in [0, 0.05) is 13.1 Å². The van der Waals surface area contributed by atoms with Gasteiger partial charge in [0.1, 0.15) is 0 Å². The molecule has 0 aromatic heterocycles. The molecule has 2 aromatic carbocycles. The van der Waals surface area contributed by atoms with E-state index in [1.165, 1.54) is 16.7 Å². The van der Waals surface area contributed by atoms with E-state index in [1.54, 1.807) is 0 Å². The average Bonchev–Trinajstić information content (AvgIpc) is 2.56. The number of amides is 1. The van der Waals surface area contributed by atoms with Crippen molar-refractivity contribution in [1.82, 2.24) is 4.90 Å². The molecule has 1 atom stereocenters. The summed E-state index contributed by atoms with van der Waals surface area (Å²) >= 11 is 0. The van der Waals surface area contributed by atoms with Gasteiger partial charge < -0.3 is 5.73 Å². The minimum absolute atomic E-state index is 0.0114. The van der Waals surface area contributed by atoms with E-state index >= 15 is 0 Å². The summed E-state index contributed by atoms with van der Waals surface area (Å²) < 4.78 is 0. The van der Waals surface area contributed by atoms with Crippen LogP contribution in [0.5, 0.6) is 0 Å². The highest BCUT2D eigenvalue weighted by Gasteiger charge is 2.23. The molecule has 22 heavy (non-hydrogen) atoms. The van der Waals surface area contributed by atoms with E-state index in [2.05, 4.69) is 53.4 Å². The van der Waals surface area contributed by atoms with E-state index in [-0.39, 0.29) is 11.8 Å². The highest BCUT2D eigenvalue weighted by atomic mass is 16.1. The molecule has 114 valence electrons. The fraction of sp³-hybridized carbons (Fsp3) is 0.316. The average molecular weight is 294 g/mol. The molecule has 3 nitrogen and oxygen atoms in total. The van der Waals surface area contributed by atoms with Gasteiger partial charge in [0.05, 0.1) is 5.92 Å². The monoisotopic (exact) mass is 294 g/mol. The van der Waals surface area contributed by atoms with Gasteiger partial charge in [0.15, 0.2) is 0 Å². The Bertz CT molecular complexity index is 622. The van der Waals surface area contributed by atoms with Crippen molar-refractivity contribution in [1.29, 1.82) is 0 Å². The van der Waals surface area contributed by atoms with E-state index < -0.39 is 0 Å². The third kappa shape index (κ3) is 3.55. The van der Waals surface area contributed by atoms with Crippen LogP contribution in [0.1, 0.15) is 18.4 Å². The summed E-state index contributed by atoms with van der Waals surface area (Å²) in [5.41, 5.74) is 9.19. The molecule has 2 N–H and O–H groups in total. The molecular weight excluding hydrogens is 272 g/mol. The van der Waals surface area contributed by atoms with E-state index in [9.17, 15) is 4.79 Å². The first-order valence-electron chi connectivity index (χ1n) is 7.88. The lowest BCUT2D eigenvalue weighted by molar-refractivity contribution is -0.123. The molecule has 1 aliphatic rings. The van der Waals surface area contributed by atoms with Crippen LogP contribution in [0.3, 0.4) is 0 Å². The van der Waals surface area contributed by atoms with Crippen LogP contribution in [-0.4, -0.2) is 23.9 Å². The Kier molecular flexibility index (Phi) is 4.54. The molecule has 3 heteroatoms. The molecule has 0 saturated carbocycles. The van der Waals surface area contributed by atoms with Gasteiger partial charge in [0.25, 0.3) is 0 Å². The van der Waals surface area contributed by atoms with Crippen molar-refractivity contribution < 1.29 is 4.79 Å². The van der Waals surface area contributed by atoms with Gasteiger partial charge in [0.2, 0.25) is 5.91 Å². The van der Waals surface area contributed by atoms with Gasteiger partial charge >= 0.3 is 0 Å². The van der Waals surface area contributed by atoms with Crippen LogP contribution in [0, 0.1) is 5.92 Å². The molecule has 1 amide bonds. The molecule has 1 fully saturated rings. The Morgan fingerprint density at radius 1 is 1.05 bits per heavy atom. The molecule has 0 bridgehead atoms. The Morgan fingerprint density at radius 3 is 2.41 bits per heavy atom. The first kappa shape index (κ1) is 14.8. The zero-order valence-electron chi connectivity index (χ0n) is 12.7. The fourth-order valence-electron chi connectivity index (χ4n) is 3.12. The second-order valence-corrected chi connectivity index (χ2v) is 6.04. The Balaban J connectivity index is 1.65. The van der Waals surface area contributed by atoms with E-state index in [0.29, 0.717) is 0 Å². The SMILES string of the molecule is NC(=O)[C@@H]1CCCN(Cc2ccc(-c3ccccc3)cc2)C1. The molecule has 1 aliphatic heterocycles. The van der Waals surface area contributed by atoms with Crippen molar-refractivity contribution in [3.63, 3.8) is 0 Å². The third-order valence-corrected chi connectivity index (χ3v) is 4.38. The van der Waals surface area contributed by atoms with Crippen LogP contribution in [0.4, 0.5) is 0 Å². The third-order valence-electron chi connectivity index (χ3n) is 4.38. The number of hydrogen-bond donors (Lipinski definition) is 1.